The van der Waals surface area contributed by atoms with Crippen molar-refractivity contribution < 1.29 is 0 Å². The monoisotopic (exact) mass is 327 g/mol. The first kappa shape index (κ1) is 23.7. The molecule has 0 saturated carbocycles. The molecule has 3 N–H and O–H groups in total. The van der Waals surface area contributed by atoms with Crippen LogP contribution in [0.3, 0.4) is 0 Å². The number of rotatable bonds is 11. The van der Waals surface area contributed by atoms with Gasteiger partial charge in [0.15, 0.2) is 0 Å². The van der Waals surface area contributed by atoms with Gasteiger partial charge < -0.3 is 6.15 Å². The van der Waals surface area contributed by atoms with E-state index >= 15 is 0 Å². The Balaban J connectivity index is 0. The minimum absolute atomic E-state index is 0. The van der Waals surface area contributed by atoms with Crippen LogP contribution in [0.4, 0.5) is 0 Å². The molecule has 0 amide bonds. The summed E-state index contributed by atoms with van der Waals surface area (Å²) in [6, 6.07) is 6.67. The van der Waals surface area contributed by atoms with Crippen LogP contribution < -0.4 is 6.15 Å². The fourth-order valence-electron chi connectivity index (χ4n) is 3.03. The maximum Gasteiger partial charge on any atom is -0.0274 e. The zero-order valence-electron chi connectivity index (χ0n) is 15.1. The summed E-state index contributed by atoms with van der Waals surface area (Å²) in [4.78, 5) is 0. The van der Waals surface area contributed by atoms with Crippen molar-refractivity contribution >= 4 is 12.4 Å². The number of aryl methyl sites for hydroxylation is 2. The molecular weight excluding hydrogens is 290 g/mol. The SMILES string of the molecule is CCCCCCCCCCCCc1c(C)cccc1C.Cl.N. The van der Waals surface area contributed by atoms with Gasteiger partial charge in [-0.3, -0.25) is 0 Å². The molecule has 0 atom stereocenters. The largest absolute Gasteiger partial charge is 0.344 e. The molecule has 1 aromatic carbocycles. The maximum atomic E-state index is 2.29. The van der Waals surface area contributed by atoms with Gasteiger partial charge in [-0.2, -0.15) is 0 Å². The molecule has 0 heterocycles. The molecule has 0 fully saturated rings. The topological polar surface area (TPSA) is 35.0 Å². The van der Waals surface area contributed by atoms with Gasteiger partial charge in [0, 0.05) is 0 Å². The summed E-state index contributed by atoms with van der Waals surface area (Å²) >= 11 is 0. The molecular formula is C20H38ClN. The fourth-order valence-corrected chi connectivity index (χ4v) is 3.03. The predicted octanol–water partition coefficient (Wildman–Crippen LogP) is 7.35. The van der Waals surface area contributed by atoms with Crippen molar-refractivity contribution in [2.75, 3.05) is 0 Å². The molecule has 0 spiro atoms. The molecule has 0 saturated heterocycles. The lowest BCUT2D eigenvalue weighted by molar-refractivity contribution is 0.556. The number of halogens is 1. The highest BCUT2D eigenvalue weighted by molar-refractivity contribution is 5.85. The molecule has 0 aromatic heterocycles. The summed E-state index contributed by atoms with van der Waals surface area (Å²) in [5, 5.41) is 0. The van der Waals surface area contributed by atoms with Crippen molar-refractivity contribution in [1.29, 1.82) is 0 Å². The van der Waals surface area contributed by atoms with E-state index in [0.29, 0.717) is 0 Å². The van der Waals surface area contributed by atoms with E-state index in [4.69, 9.17) is 0 Å². The molecule has 1 rings (SSSR count). The zero-order valence-corrected chi connectivity index (χ0v) is 15.9. The van der Waals surface area contributed by atoms with Crippen molar-refractivity contribution in [1.82, 2.24) is 6.15 Å². The summed E-state index contributed by atoms with van der Waals surface area (Å²) in [6.07, 6.45) is 15.5. The lowest BCUT2D eigenvalue weighted by atomic mass is 9.97. The summed E-state index contributed by atoms with van der Waals surface area (Å²) in [5.74, 6) is 0. The van der Waals surface area contributed by atoms with Crippen LogP contribution in [0.5, 0.6) is 0 Å². The molecule has 2 heteroatoms. The molecule has 22 heavy (non-hydrogen) atoms. The Morgan fingerprint density at radius 3 is 1.55 bits per heavy atom. The second-order valence-electron chi connectivity index (χ2n) is 6.30. The van der Waals surface area contributed by atoms with Gasteiger partial charge in [0.2, 0.25) is 0 Å². The summed E-state index contributed by atoms with van der Waals surface area (Å²) in [6.45, 7) is 6.79. The summed E-state index contributed by atoms with van der Waals surface area (Å²) in [7, 11) is 0. The van der Waals surface area contributed by atoms with Gasteiger partial charge in [0.1, 0.15) is 0 Å². The molecule has 0 aliphatic carbocycles. The highest BCUT2D eigenvalue weighted by atomic mass is 35.5. The highest BCUT2D eigenvalue weighted by Gasteiger charge is 2.01. The minimum atomic E-state index is 0. The number of benzene rings is 1. The van der Waals surface area contributed by atoms with Crippen molar-refractivity contribution in [3.63, 3.8) is 0 Å². The Morgan fingerprint density at radius 1 is 0.682 bits per heavy atom. The number of hydrogen-bond acceptors (Lipinski definition) is 1. The fraction of sp³-hybridized carbons (Fsp3) is 0.700. The van der Waals surface area contributed by atoms with Gasteiger partial charge >= 0.3 is 0 Å². The minimum Gasteiger partial charge on any atom is -0.344 e. The Labute approximate surface area is 145 Å². The Hall–Kier alpha value is -0.530. The van der Waals surface area contributed by atoms with E-state index in [2.05, 4.69) is 39.0 Å². The van der Waals surface area contributed by atoms with E-state index in [-0.39, 0.29) is 18.6 Å². The van der Waals surface area contributed by atoms with Gasteiger partial charge in [0.05, 0.1) is 0 Å². The van der Waals surface area contributed by atoms with Crippen LogP contribution in [-0.2, 0) is 6.42 Å². The Morgan fingerprint density at radius 2 is 1.09 bits per heavy atom. The Kier molecular flexibility index (Phi) is 16.6. The molecule has 130 valence electrons. The molecule has 0 radical (unpaired) electrons. The van der Waals surface area contributed by atoms with Crippen molar-refractivity contribution in [3.05, 3.63) is 34.9 Å². The van der Waals surface area contributed by atoms with Crippen LogP contribution in [-0.4, -0.2) is 0 Å². The molecule has 0 aliphatic heterocycles. The molecule has 0 unspecified atom stereocenters. The standard InChI is InChI=1S/C20H34.ClH.H3N/c1-4-5-6-7-8-9-10-11-12-13-17-20-18(2)15-14-16-19(20)3;;/h14-16H,4-13,17H2,1-3H3;1H;1H3. The van der Waals surface area contributed by atoms with E-state index in [9.17, 15) is 0 Å². The van der Waals surface area contributed by atoms with Crippen LogP contribution >= 0.6 is 12.4 Å². The second kappa shape index (κ2) is 15.4. The van der Waals surface area contributed by atoms with Gasteiger partial charge in [-0.05, 0) is 43.4 Å². The van der Waals surface area contributed by atoms with Gasteiger partial charge in [-0.15, -0.1) is 12.4 Å². The smallest absolute Gasteiger partial charge is 0.0274 e. The normalized spacial score (nSPS) is 9.95. The van der Waals surface area contributed by atoms with Crippen LogP contribution in [0.25, 0.3) is 0 Å². The van der Waals surface area contributed by atoms with Gasteiger partial charge in [-0.1, -0.05) is 82.9 Å². The van der Waals surface area contributed by atoms with Crippen molar-refractivity contribution in [3.8, 4) is 0 Å². The molecule has 1 nitrogen and oxygen atoms in total. The van der Waals surface area contributed by atoms with Gasteiger partial charge in [-0.25, -0.2) is 0 Å². The molecule has 1 aromatic rings. The Bertz CT molecular complexity index is 342. The van der Waals surface area contributed by atoms with E-state index < -0.39 is 0 Å². The van der Waals surface area contributed by atoms with Crippen LogP contribution in [0.15, 0.2) is 18.2 Å². The average Bonchev–Trinajstić information content (AvgIpc) is 2.43. The highest BCUT2D eigenvalue weighted by Crippen LogP contribution is 2.17. The first-order chi connectivity index (χ1) is 9.75. The summed E-state index contributed by atoms with van der Waals surface area (Å²) < 4.78 is 0. The van der Waals surface area contributed by atoms with E-state index in [0.717, 1.165) is 0 Å². The number of hydrogen-bond donors (Lipinski definition) is 1. The van der Waals surface area contributed by atoms with Crippen molar-refractivity contribution in [2.24, 2.45) is 0 Å². The maximum absolute atomic E-state index is 2.29. The lowest BCUT2D eigenvalue weighted by Gasteiger charge is -2.09. The molecule has 0 bridgehead atoms. The van der Waals surface area contributed by atoms with Crippen LogP contribution in [0, 0.1) is 13.8 Å². The van der Waals surface area contributed by atoms with Crippen molar-refractivity contribution in [2.45, 2.75) is 91.4 Å². The zero-order chi connectivity index (χ0) is 14.6. The van der Waals surface area contributed by atoms with Crippen LogP contribution in [0.1, 0.15) is 87.8 Å². The van der Waals surface area contributed by atoms with E-state index in [1.54, 1.807) is 5.56 Å². The third-order valence-electron chi connectivity index (χ3n) is 4.42. The van der Waals surface area contributed by atoms with Crippen LogP contribution in [0.2, 0.25) is 0 Å². The average molecular weight is 328 g/mol. The third-order valence-corrected chi connectivity index (χ3v) is 4.42. The number of unbranched alkanes of at least 4 members (excludes halogenated alkanes) is 9. The lowest BCUT2D eigenvalue weighted by Crippen LogP contribution is -1.94. The third kappa shape index (κ3) is 10.2. The first-order valence-corrected chi connectivity index (χ1v) is 8.80. The quantitative estimate of drug-likeness (QED) is 0.423. The van der Waals surface area contributed by atoms with Gasteiger partial charge in [0.25, 0.3) is 0 Å². The molecule has 0 aliphatic rings. The second-order valence-corrected chi connectivity index (χ2v) is 6.30. The predicted molar refractivity (Wildman–Crippen MR) is 104 cm³/mol. The van der Waals surface area contributed by atoms with E-state index in [1.807, 2.05) is 0 Å². The summed E-state index contributed by atoms with van der Waals surface area (Å²) in [5.41, 5.74) is 4.54. The first-order valence-electron chi connectivity index (χ1n) is 8.80. The van der Waals surface area contributed by atoms with E-state index in [1.165, 1.54) is 81.8 Å².